The van der Waals surface area contributed by atoms with E-state index in [0.717, 1.165) is 36.1 Å². The molecule has 2 N–H and O–H groups in total. The van der Waals surface area contributed by atoms with Crippen molar-refractivity contribution >= 4 is 16.6 Å². The second-order valence-electron chi connectivity index (χ2n) is 8.20. The summed E-state index contributed by atoms with van der Waals surface area (Å²) < 4.78 is 0. The normalized spacial score (nSPS) is 21.2. The molecule has 8 nitrogen and oxygen atoms in total. The number of anilines is 1. The van der Waals surface area contributed by atoms with Gasteiger partial charge in [0.2, 0.25) is 0 Å². The predicted molar refractivity (Wildman–Crippen MR) is 127 cm³/mol. The summed E-state index contributed by atoms with van der Waals surface area (Å²) in [6.07, 6.45) is 14.0. The smallest absolute Gasteiger partial charge is 0.340 e. The zero-order chi connectivity index (χ0) is 22.1. The molecule has 0 spiro atoms. The molecule has 164 valence electrons. The molecule has 1 aromatic carbocycles. The van der Waals surface area contributed by atoms with Crippen molar-refractivity contribution in [2.45, 2.75) is 25.6 Å². The van der Waals surface area contributed by atoms with Gasteiger partial charge in [-0.15, -0.1) is 0 Å². The molecule has 2 atom stereocenters. The summed E-state index contributed by atoms with van der Waals surface area (Å²) in [5.41, 5.74) is 0.315. The first-order valence-corrected chi connectivity index (χ1v) is 10.9. The molecule has 2 aromatic heterocycles. The summed E-state index contributed by atoms with van der Waals surface area (Å²) in [6, 6.07) is 10.5. The molecule has 0 saturated carbocycles. The molecule has 8 heteroatoms. The first kappa shape index (κ1) is 20.3. The molecule has 1 unspecified atom stereocenters. The van der Waals surface area contributed by atoms with E-state index in [2.05, 4.69) is 85.8 Å². The topological polar surface area (TPSA) is 84.2 Å². The highest BCUT2D eigenvalue weighted by Gasteiger charge is 2.32. The van der Waals surface area contributed by atoms with Crippen molar-refractivity contribution in [1.82, 2.24) is 30.0 Å². The van der Waals surface area contributed by atoms with E-state index in [-0.39, 0.29) is 11.9 Å². The number of hydrogen-bond acceptors (Lipinski definition) is 6. The van der Waals surface area contributed by atoms with Gasteiger partial charge in [0.15, 0.2) is 5.82 Å². The van der Waals surface area contributed by atoms with E-state index in [1.54, 1.807) is 0 Å². The van der Waals surface area contributed by atoms with Gasteiger partial charge in [-0.2, -0.15) is 5.10 Å². The molecule has 4 heterocycles. The quantitative estimate of drug-likeness (QED) is 0.649. The number of fused-ring (bicyclic) bond motifs is 1. The average molecular weight is 430 g/mol. The molecule has 0 aliphatic carbocycles. The Balaban J connectivity index is 1.45. The van der Waals surface area contributed by atoms with Crippen LogP contribution in [0.5, 0.6) is 0 Å². The van der Waals surface area contributed by atoms with Gasteiger partial charge in [-0.1, -0.05) is 36.4 Å². The first-order chi connectivity index (χ1) is 15.6. The molecular formula is C24H27N7O. The monoisotopic (exact) mass is 429 g/mol. The van der Waals surface area contributed by atoms with Crippen molar-refractivity contribution in [2.24, 2.45) is 0 Å². The van der Waals surface area contributed by atoms with Crippen molar-refractivity contribution in [3.8, 4) is 11.5 Å². The lowest BCUT2D eigenvalue weighted by atomic mass is 10.1. The molecule has 2 aliphatic heterocycles. The summed E-state index contributed by atoms with van der Waals surface area (Å²) in [5.74, 6) is 1.35. The Morgan fingerprint density at radius 3 is 2.94 bits per heavy atom. The zero-order valence-electron chi connectivity index (χ0n) is 18.3. The lowest BCUT2D eigenvalue weighted by Gasteiger charge is -2.35. The van der Waals surface area contributed by atoms with Crippen LogP contribution in [0.2, 0.25) is 0 Å². The average Bonchev–Trinajstić information content (AvgIpc) is 3.48. The molecule has 32 heavy (non-hydrogen) atoms. The van der Waals surface area contributed by atoms with Crippen LogP contribution in [0.3, 0.4) is 0 Å². The van der Waals surface area contributed by atoms with Gasteiger partial charge in [0.25, 0.3) is 0 Å². The predicted octanol–water partition coefficient (Wildman–Crippen LogP) is 3.07. The highest BCUT2D eigenvalue weighted by molar-refractivity contribution is 5.94. The number of allylic oxidation sites excluding steroid dienone is 3. The second kappa shape index (κ2) is 8.47. The van der Waals surface area contributed by atoms with Gasteiger partial charge in [-0.05, 0) is 36.9 Å². The van der Waals surface area contributed by atoms with Crippen molar-refractivity contribution in [3.05, 3.63) is 77.5 Å². The van der Waals surface area contributed by atoms with Gasteiger partial charge in [0.05, 0.1) is 0 Å². The van der Waals surface area contributed by atoms with Gasteiger partial charge < -0.3 is 9.80 Å². The van der Waals surface area contributed by atoms with Crippen LogP contribution in [0.1, 0.15) is 13.3 Å². The molecule has 0 radical (unpaired) electrons. The van der Waals surface area contributed by atoms with Crippen LogP contribution in [0.15, 0.2) is 71.8 Å². The lowest BCUT2D eigenvalue weighted by Crippen LogP contribution is -2.44. The third-order valence-corrected chi connectivity index (χ3v) is 6.19. The van der Waals surface area contributed by atoms with Gasteiger partial charge in [-0.3, -0.25) is 9.88 Å². The summed E-state index contributed by atoms with van der Waals surface area (Å²) in [5, 5.41) is 8.67. The zero-order valence-corrected chi connectivity index (χ0v) is 18.3. The molecule has 0 amide bonds. The van der Waals surface area contributed by atoms with Gasteiger partial charge in [0, 0.05) is 44.0 Å². The van der Waals surface area contributed by atoms with E-state index in [1.165, 1.54) is 0 Å². The Hall–Kier alpha value is -3.65. The van der Waals surface area contributed by atoms with Crippen molar-refractivity contribution < 1.29 is 0 Å². The number of aromatic nitrogens is 4. The van der Waals surface area contributed by atoms with Crippen molar-refractivity contribution in [1.29, 1.82) is 0 Å². The van der Waals surface area contributed by atoms with Crippen LogP contribution >= 0.6 is 0 Å². The number of nitrogens with one attached hydrogen (secondary N) is 2. The lowest BCUT2D eigenvalue weighted by molar-refractivity contribution is 0.172. The third kappa shape index (κ3) is 3.73. The minimum atomic E-state index is -0.337. The van der Waals surface area contributed by atoms with E-state index in [9.17, 15) is 4.79 Å². The van der Waals surface area contributed by atoms with Gasteiger partial charge in [-0.25, -0.2) is 14.9 Å². The number of likely N-dealkylation sites (N-methyl/N-ethyl adjacent to an activating group) is 1. The highest BCUT2D eigenvalue weighted by Crippen LogP contribution is 2.31. The van der Waals surface area contributed by atoms with Gasteiger partial charge >= 0.3 is 5.69 Å². The SMILES string of the molecule is CC=CN1C=CC=CC1N1CC[C@H](N(C)c2nc(-c3n[nH]c(=O)[nH]3)cc3ccccc23)C1. The van der Waals surface area contributed by atoms with E-state index >= 15 is 0 Å². The molecule has 5 rings (SSSR count). The van der Waals surface area contributed by atoms with Crippen LogP contribution < -0.4 is 10.6 Å². The number of benzene rings is 1. The van der Waals surface area contributed by atoms with Crippen molar-refractivity contribution in [3.63, 3.8) is 0 Å². The Kier molecular flexibility index (Phi) is 5.36. The van der Waals surface area contributed by atoms with Gasteiger partial charge in [0.1, 0.15) is 17.7 Å². The standard InChI is InChI=1S/C24H27N7O/c1-3-12-30-13-7-6-10-21(30)31-14-11-18(16-31)29(2)23-19-9-5-4-8-17(19)15-20(25-23)22-26-24(32)28-27-22/h3-10,12-13,15,18,21H,11,14,16H2,1-2H3,(H2,26,27,28,32)/t18-,21?/m0/s1. The second-order valence-corrected chi connectivity index (χ2v) is 8.20. The summed E-state index contributed by atoms with van der Waals surface area (Å²) in [4.78, 5) is 26.2. The number of hydrogen-bond donors (Lipinski definition) is 2. The third-order valence-electron chi connectivity index (χ3n) is 6.19. The van der Waals surface area contributed by atoms with Crippen LogP contribution in [0.25, 0.3) is 22.3 Å². The summed E-state index contributed by atoms with van der Waals surface area (Å²) >= 11 is 0. The fourth-order valence-electron chi connectivity index (χ4n) is 4.58. The number of likely N-dealkylation sites (tertiary alicyclic amines) is 1. The maximum Gasteiger partial charge on any atom is 0.340 e. The Labute approximate surface area is 186 Å². The fraction of sp³-hybridized carbons (Fsp3) is 0.292. The van der Waals surface area contributed by atoms with Crippen LogP contribution in [0.4, 0.5) is 5.82 Å². The Morgan fingerprint density at radius 1 is 1.25 bits per heavy atom. The van der Waals surface area contributed by atoms with E-state index in [4.69, 9.17) is 4.98 Å². The Morgan fingerprint density at radius 2 is 2.12 bits per heavy atom. The molecule has 2 aliphatic rings. The highest BCUT2D eigenvalue weighted by atomic mass is 16.1. The minimum Gasteiger partial charge on any atom is -0.355 e. The van der Waals surface area contributed by atoms with Crippen LogP contribution in [-0.2, 0) is 0 Å². The number of aromatic amines is 2. The van der Waals surface area contributed by atoms with Crippen molar-refractivity contribution in [2.75, 3.05) is 25.0 Å². The largest absolute Gasteiger partial charge is 0.355 e. The number of nitrogens with zero attached hydrogens (tertiary/aromatic N) is 5. The Bertz CT molecular complexity index is 1250. The van der Waals surface area contributed by atoms with E-state index in [0.29, 0.717) is 17.6 Å². The maximum absolute atomic E-state index is 11.6. The number of pyridine rings is 1. The van der Waals surface area contributed by atoms with Crippen LogP contribution in [-0.4, -0.2) is 62.3 Å². The van der Waals surface area contributed by atoms with E-state index in [1.807, 2.05) is 25.1 Å². The minimum absolute atomic E-state index is 0.222. The summed E-state index contributed by atoms with van der Waals surface area (Å²) in [7, 11) is 2.11. The molecule has 3 aromatic rings. The molecule has 1 saturated heterocycles. The molecule has 0 bridgehead atoms. The maximum atomic E-state index is 11.6. The molecule has 1 fully saturated rings. The number of H-pyrrole nitrogens is 2. The fourth-order valence-corrected chi connectivity index (χ4v) is 4.58. The summed E-state index contributed by atoms with van der Waals surface area (Å²) in [6.45, 7) is 3.99. The molecular weight excluding hydrogens is 402 g/mol. The van der Waals surface area contributed by atoms with Crippen LogP contribution in [0, 0.1) is 0 Å². The van der Waals surface area contributed by atoms with E-state index < -0.39 is 0 Å². The first-order valence-electron chi connectivity index (χ1n) is 10.9. The number of rotatable bonds is 5.